The molecule has 16 heavy (non-hydrogen) atoms. The molecule has 0 radical (unpaired) electrons. The molecule has 88 valence electrons. The van der Waals surface area contributed by atoms with Crippen LogP contribution in [0.4, 0.5) is 5.69 Å². The summed E-state index contributed by atoms with van der Waals surface area (Å²) in [6.45, 7) is 4.37. The topological polar surface area (TPSA) is 81.1 Å². The number of hydrogen-bond acceptors (Lipinski definition) is 3. The minimum absolute atomic E-state index is 0.287. The Bertz CT molecular complexity index is 404. The third kappa shape index (κ3) is 3.21. The summed E-state index contributed by atoms with van der Waals surface area (Å²) < 4.78 is 0.882. The van der Waals surface area contributed by atoms with E-state index in [-0.39, 0.29) is 5.54 Å². The molecule has 0 bridgehead atoms. The van der Waals surface area contributed by atoms with Crippen LogP contribution in [0, 0.1) is 0 Å². The van der Waals surface area contributed by atoms with E-state index in [1.807, 2.05) is 19.9 Å². The maximum Gasteiger partial charge on any atom is 0.250 e. The van der Waals surface area contributed by atoms with E-state index < -0.39 is 5.91 Å². The molecule has 1 amide bonds. The zero-order chi connectivity index (χ0) is 12.3. The summed E-state index contributed by atoms with van der Waals surface area (Å²) in [6.07, 6.45) is 0. The van der Waals surface area contributed by atoms with Gasteiger partial charge in [-0.2, -0.15) is 0 Å². The van der Waals surface area contributed by atoms with Gasteiger partial charge in [-0.3, -0.25) is 4.79 Å². The zero-order valence-corrected chi connectivity index (χ0v) is 11.0. The van der Waals surface area contributed by atoms with Crippen molar-refractivity contribution in [2.24, 2.45) is 11.5 Å². The summed E-state index contributed by atoms with van der Waals surface area (Å²) in [6, 6.07) is 5.28. The van der Waals surface area contributed by atoms with Gasteiger partial charge in [0.25, 0.3) is 5.91 Å². The fourth-order valence-corrected chi connectivity index (χ4v) is 1.61. The molecule has 0 heterocycles. The maximum atomic E-state index is 11.2. The quantitative estimate of drug-likeness (QED) is 0.788. The first-order valence-corrected chi connectivity index (χ1v) is 5.72. The standard InChI is InChI=1S/C11H16BrN3O/c1-11(2,6-13)15-9-5-7(12)3-4-8(9)10(14)16/h3-5,15H,6,13H2,1-2H3,(H2,14,16). The van der Waals surface area contributed by atoms with Crippen molar-refractivity contribution in [3.05, 3.63) is 28.2 Å². The van der Waals surface area contributed by atoms with E-state index in [0.29, 0.717) is 17.8 Å². The van der Waals surface area contributed by atoms with E-state index >= 15 is 0 Å². The molecule has 0 aromatic heterocycles. The summed E-state index contributed by atoms with van der Waals surface area (Å²) in [5, 5.41) is 3.20. The number of amides is 1. The predicted octanol–water partition coefficient (Wildman–Crippen LogP) is 1.70. The zero-order valence-electron chi connectivity index (χ0n) is 9.38. The molecule has 4 nitrogen and oxygen atoms in total. The normalized spacial score (nSPS) is 11.2. The first-order valence-electron chi connectivity index (χ1n) is 4.93. The molecule has 0 atom stereocenters. The number of nitrogens with one attached hydrogen (secondary N) is 1. The Morgan fingerprint density at radius 3 is 2.62 bits per heavy atom. The van der Waals surface area contributed by atoms with Crippen molar-refractivity contribution in [3.63, 3.8) is 0 Å². The Kier molecular flexibility index (Phi) is 3.93. The van der Waals surface area contributed by atoms with Crippen molar-refractivity contribution in [2.45, 2.75) is 19.4 Å². The van der Waals surface area contributed by atoms with Gasteiger partial charge in [-0.1, -0.05) is 15.9 Å². The van der Waals surface area contributed by atoms with Crippen LogP contribution in [0.3, 0.4) is 0 Å². The number of anilines is 1. The molecule has 5 heteroatoms. The summed E-state index contributed by atoms with van der Waals surface area (Å²) in [4.78, 5) is 11.2. The molecule has 0 fully saturated rings. The van der Waals surface area contributed by atoms with E-state index in [1.54, 1.807) is 12.1 Å². The first kappa shape index (κ1) is 13.0. The highest BCUT2D eigenvalue weighted by molar-refractivity contribution is 9.10. The molecule has 0 unspecified atom stereocenters. The number of nitrogens with two attached hydrogens (primary N) is 2. The van der Waals surface area contributed by atoms with Crippen LogP contribution < -0.4 is 16.8 Å². The fraction of sp³-hybridized carbons (Fsp3) is 0.364. The average molecular weight is 286 g/mol. The van der Waals surface area contributed by atoms with Crippen LogP contribution in [0.2, 0.25) is 0 Å². The van der Waals surface area contributed by atoms with Gasteiger partial charge in [-0.15, -0.1) is 0 Å². The SMILES string of the molecule is CC(C)(CN)Nc1cc(Br)ccc1C(N)=O. The van der Waals surface area contributed by atoms with Crippen LogP contribution in [-0.2, 0) is 0 Å². The van der Waals surface area contributed by atoms with E-state index in [0.717, 1.165) is 4.47 Å². The molecule has 0 aliphatic carbocycles. The monoisotopic (exact) mass is 285 g/mol. The lowest BCUT2D eigenvalue weighted by Crippen LogP contribution is -2.39. The molecule has 0 saturated heterocycles. The molecular weight excluding hydrogens is 270 g/mol. The number of halogens is 1. The Hall–Kier alpha value is -1.07. The number of rotatable bonds is 4. The van der Waals surface area contributed by atoms with Crippen molar-refractivity contribution in [1.82, 2.24) is 0 Å². The lowest BCUT2D eigenvalue weighted by molar-refractivity contribution is 0.100. The van der Waals surface area contributed by atoms with E-state index in [1.165, 1.54) is 0 Å². The van der Waals surface area contributed by atoms with Gasteiger partial charge in [-0.25, -0.2) is 0 Å². The molecule has 0 spiro atoms. The van der Waals surface area contributed by atoms with Crippen LogP contribution in [-0.4, -0.2) is 18.0 Å². The van der Waals surface area contributed by atoms with Crippen LogP contribution in [0.5, 0.6) is 0 Å². The van der Waals surface area contributed by atoms with Gasteiger partial charge in [-0.05, 0) is 32.0 Å². The largest absolute Gasteiger partial charge is 0.378 e. The molecule has 1 aromatic rings. The molecule has 5 N–H and O–H groups in total. The van der Waals surface area contributed by atoms with Gasteiger partial charge in [0.1, 0.15) is 0 Å². The second kappa shape index (κ2) is 4.84. The average Bonchev–Trinajstić information content (AvgIpc) is 2.16. The van der Waals surface area contributed by atoms with Gasteiger partial charge < -0.3 is 16.8 Å². The van der Waals surface area contributed by atoms with Crippen LogP contribution >= 0.6 is 15.9 Å². The van der Waals surface area contributed by atoms with Crippen molar-refractivity contribution < 1.29 is 4.79 Å². The number of carbonyl (C=O) groups is 1. The van der Waals surface area contributed by atoms with Crippen molar-refractivity contribution >= 4 is 27.5 Å². The minimum atomic E-state index is -0.456. The number of carbonyl (C=O) groups excluding carboxylic acids is 1. The highest BCUT2D eigenvalue weighted by Gasteiger charge is 2.18. The molecule has 0 aliphatic rings. The highest BCUT2D eigenvalue weighted by Crippen LogP contribution is 2.24. The van der Waals surface area contributed by atoms with E-state index in [2.05, 4.69) is 21.2 Å². The predicted molar refractivity (Wildman–Crippen MR) is 69.4 cm³/mol. The van der Waals surface area contributed by atoms with Gasteiger partial charge in [0.05, 0.1) is 5.56 Å². The molecule has 1 rings (SSSR count). The third-order valence-corrected chi connectivity index (χ3v) is 2.72. The fourth-order valence-electron chi connectivity index (χ4n) is 1.25. The third-order valence-electron chi connectivity index (χ3n) is 2.23. The maximum absolute atomic E-state index is 11.2. The summed E-state index contributed by atoms with van der Waals surface area (Å²) >= 11 is 3.35. The van der Waals surface area contributed by atoms with Gasteiger partial charge in [0.2, 0.25) is 0 Å². The Morgan fingerprint density at radius 2 is 2.12 bits per heavy atom. The number of primary amides is 1. The summed E-state index contributed by atoms with van der Waals surface area (Å²) in [5.74, 6) is -0.456. The van der Waals surface area contributed by atoms with Gasteiger partial charge in [0, 0.05) is 22.2 Å². The molecule has 0 saturated carbocycles. The lowest BCUT2D eigenvalue weighted by Gasteiger charge is -2.26. The number of hydrogen-bond donors (Lipinski definition) is 3. The first-order chi connectivity index (χ1) is 7.35. The Balaban J connectivity index is 3.10. The second-order valence-corrected chi connectivity index (χ2v) is 5.18. The summed E-state index contributed by atoms with van der Waals surface area (Å²) in [5.41, 5.74) is 11.8. The Morgan fingerprint density at radius 1 is 1.50 bits per heavy atom. The van der Waals surface area contributed by atoms with E-state index in [4.69, 9.17) is 11.5 Å². The van der Waals surface area contributed by atoms with Crippen LogP contribution in [0.15, 0.2) is 22.7 Å². The second-order valence-electron chi connectivity index (χ2n) is 4.27. The van der Waals surface area contributed by atoms with Crippen molar-refractivity contribution in [1.29, 1.82) is 0 Å². The highest BCUT2D eigenvalue weighted by atomic mass is 79.9. The number of benzene rings is 1. The van der Waals surface area contributed by atoms with Gasteiger partial charge >= 0.3 is 0 Å². The molecule has 0 aliphatic heterocycles. The Labute approximate surface area is 104 Å². The summed E-state index contributed by atoms with van der Waals surface area (Å²) in [7, 11) is 0. The smallest absolute Gasteiger partial charge is 0.250 e. The van der Waals surface area contributed by atoms with Crippen molar-refractivity contribution in [2.75, 3.05) is 11.9 Å². The van der Waals surface area contributed by atoms with E-state index in [9.17, 15) is 4.79 Å². The van der Waals surface area contributed by atoms with Crippen LogP contribution in [0.1, 0.15) is 24.2 Å². The molecule has 1 aromatic carbocycles. The lowest BCUT2D eigenvalue weighted by atomic mass is 10.0. The van der Waals surface area contributed by atoms with Crippen molar-refractivity contribution in [3.8, 4) is 0 Å². The van der Waals surface area contributed by atoms with Crippen LogP contribution in [0.25, 0.3) is 0 Å². The molecular formula is C11H16BrN3O. The van der Waals surface area contributed by atoms with Gasteiger partial charge in [0.15, 0.2) is 0 Å². The minimum Gasteiger partial charge on any atom is -0.378 e.